The van der Waals surface area contributed by atoms with Crippen molar-refractivity contribution in [3.05, 3.63) is 40.7 Å². The lowest BCUT2D eigenvalue weighted by Crippen LogP contribution is -2.38. The Morgan fingerprint density at radius 1 is 1.33 bits per heavy atom. The number of aryl methyl sites for hydroxylation is 2. The molecule has 0 amide bonds. The fraction of sp³-hybridized carbons (Fsp3) is 0.500. The third kappa shape index (κ3) is 4.82. The predicted octanol–water partition coefficient (Wildman–Crippen LogP) is 2.75. The molecule has 0 spiro atoms. The number of ether oxygens (including phenoxy) is 1. The van der Waals surface area contributed by atoms with Crippen LogP contribution in [-0.4, -0.2) is 49.8 Å². The Hall–Kier alpha value is -1.61. The van der Waals surface area contributed by atoms with Crippen LogP contribution in [0.25, 0.3) is 0 Å². The number of aromatic nitrogens is 2. The molecule has 1 heterocycles. The number of nitrogens with zero attached hydrogens (tertiary/aromatic N) is 3. The summed E-state index contributed by atoms with van der Waals surface area (Å²) in [6.07, 6.45) is 0. The fourth-order valence-electron chi connectivity index (χ4n) is 3.15. The number of rotatable bonds is 9. The number of nitrogens with one attached hydrogen (secondary N) is 1. The summed E-state index contributed by atoms with van der Waals surface area (Å²) in [7, 11) is -0.566. The maximum Gasteiger partial charge on any atom is 0.245 e. The van der Waals surface area contributed by atoms with E-state index in [1.807, 2.05) is 38.1 Å². The van der Waals surface area contributed by atoms with Crippen LogP contribution >= 0.6 is 11.6 Å². The van der Waals surface area contributed by atoms with E-state index in [-0.39, 0.29) is 22.6 Å². The van der Waals surface area contributed by atoms with Gasteiger partial charge in [0.15, 0.2) is 0 Å². The number of methoxy groups -OCH3 is 1. The summed E-state index contributed by atoms with van der Waals surface area (Å²) >= 11 is 6.14. The van der Waals surface area contributed by atoms with E-state index >= 15 is 0 Å². The molecule has 1 aromatic carbocycles. The standard InChI is InChI=1S/C18H27ClN4O3S/c1-6-23(7-2)16(14-9-8-10-15(11-14)26-5)12-20-27(24,25)17-13(3)21-22(4)18(17)19/h8-11,16,20H,6-7,12H2,1-5H3. The van der Waals surface area contributed by atoms with Crippen molar-refractivity contribution in [1.29, 1.82) is 0 Å². The van der Waals surface area contributed by atoms with E-state index in [0.29, 0.717) is 5.69 Å². The summed E-state index contributed by atoms with van der Waals surface area (Å²) in [5.41, 5.74) is 1.35. The SMILES string of the molecule is CCN(CC)C(CNS(=O)(=O)c1c(C)nn(C)c1Cl)c1cccc(OC)c1. The second-order valence-corrected chi connectivity index (χ2v) is 8.26. The van der Waals surface area contributed by atoms with Crippen LogP contribution in [0.2, 0.25) is 5.15 Å². The zero-order valence-electron chi connectivity index (χ0n) is 16.4. The highest BCUT2D eigenvalue weighted by atomic mass is 35.5. The van der Waals surface area contributed by atoms with Gasteiger partial charge in [0.2, 0.25) is 10.0 Å². The maximum atomic E-state index is 12.9. The van der Waals surface area contributed by atoms with E-state index in [1.165, 1.54) is 4.68 Å². The molecule has 2 aromatic rings. The molecule has 0 fully saturated rings. The molecule has 27 heavy (non-hydrogen) atoms. The molecule has 9 heteroatoms. The molecule has 1 aromatic heterocycles. The Morgan fingerprint density at radius 3 is 2.52 bits per heavy atom. The van der Waals surface area contributed by atoms with Crippen molar-refractivity contribution in [1.82, 2.24) is 19.4 Å². The van der Waals surface area contributed by atoms with E-state index in [1.54, 1.807) is 21.1 Å². The molecule has 0 saturated heterocycles. The third-order valence-corrected chi connectivity index (χ3v) is 6.69. The van der Waals surface area contributed by atoms with E-state index in [9.17, 15) is 8.42 Å². The second-order valence-electron chi connectivity index (χ2n) is 6.19. The minimum Gasteiger partial charge on any atom is -0.497 e. The van der Waals surface area contributed by atoms with Crippen LogP contribution in [0, 0.1) is 6.92 Å². The Labute approximate surface area is 166 Å². The van der Waals surface area contributed by atoms with Gasteiger partial charge in [0, 0.05) is 19.6 Å². The lowest BCUT2D eigenvalue weighted by Gasteiger charge is -2.30. The molecule has 1 atom stereocenters. The zero-order valence-corrected chi connectivity index (χ0v) is 17.9. The van der Waals surface area contributed by atoms with Gasteiger partial charge in [-0.1, -0.05) is 37.6 Å². The van der Waals surface area contributed by atoms with Crippen LogP contribution in [0.1, 0.15) is 31.1 Å². The number of likely N-dealkylation sites (N-methyl/N-ethyl adjacent to an activating group) is 1. The highest BCUT2D eigenvalue weighted by Gasteiger charge is 2.27. The first kappa shape index (κ1) is 21.7. The van der Waals surface area contributed by atoms with E-state index in [0.717, 1.165) is 24.4 Å². The molecule has 1 N–H and O–H groups in total. The van der Waals surface area contributed by atoms with Gasteiger partial charge in [0.1, 0.15) is 15.8 Å². The summed E-state index contributed by atoms with van der Waals surface area (Å²) < 4.78 is 35.1. The number of benzene rings is 1. The van der Waals surface area contributed by atoms with Crippen LogP contribution in [0.15, 0.2) is 29.2 Å². The van der Waals surface area contributed by atoms with E-state index in [4.69, 9.17) is 16.3 Å². The summed E-state index contributed by atoms with van der Waals surface area (Å²) in [4.78, 5) is 2.21. The summed E-state index contributed by atoms with van der Waals surface area (Å²) in [5.74, 6) is 0.735. The Balaban J connectivity index is 2.32. The van der Waals surface area contributed by atoms with Crippen LogP contribution < -0.4 is 9.46 Å². The van der Waals surface area contributed by atoms with Gasteiger partial charge in [-0.2, -0.15) is 5.10 Å². The van der Waals surface area contributed by atoms with Crippen molar-refractivity contribution in [2.24, 2.45) is 7.05 Å². The van der Waals surface area contributed by atoms with Crippen molar-refractivity contribution >= 4 is 21.6 Å². The molecule has 2 rings (SSSR count). The first-order valence-corrected chi connectivity index (χ1v) is 10.7. The molecule has 0 bridgehead atoms. The quantitative estimate of drug-likeness (QED) is 0.682. The highest BCUT2D eigenvalue weighted by Crippen LogP contribution is 2.27. The molecule has 7 nitrogen and oxygen atoms in total. The number of hydrogen-bond acceptors (Lipinski definition) is 5. The van der Waals surface area contributed by atoms with Crippen molar-refractivity contribution < 1.29 is 13.2 Å². The summed E-state index contributed by atoms with van der Waals surface area (Å²) in [6.45, 7) is 7.51. The molecule has 150 valence electrons. The van der Waals surface area contributed by atoms with E-state index < -0.39 is 10.0 Å². The molecular weight excluding hydrogens is 388 g/mol. The average Bonchev–Trinajstić information content (AvgIpc) is 2.91. The molecule has 0 aliphatic rings. The number of hydrogen-bond donors (Lipinski definition) is 1. The van der Waals surface area contributed by atoms with Gasteiger partial charge in [-0.25, -0.2) is 13.1 Å². The first-order valence-electron chi connectivity index (χ1n) is 8.81. The van der Waals surface area contributed by atoms with Gasteiger partial charge >= 0.3 is 0 Å². The topological polar surface area (TPSA) is 76.5 Å². The van der Waals surface area contributed by atoms with Gasteiger partial charge in [-0.05, 0) is 37.7 Å². The maximum absolute atomic E-state index is 12.9. The minimum absolute atomic E-state index is 0.0237. The minimum atomic E-state index is -3.79. The second kappa shape index (κ2) is 9.05. The van der Waals surface area contributed by atoms with Gasteiger partial charge in [-0.15, -0.1) is 0 Å². The molecule has 0 saturated carbocycles. The van der Waals surface area contributed by atoms with Crippen molar-refractivity contribution in [3.8, 4) is 5.75 Å². The zero-order chi connectivity index (χ0) is 20.2. The Morgan fingerprint density at radius 2 is 2.00 bits per heavy atom. The average molecular weight is 415 g/mol. The van der Waals surface area contributed by atoms with E-state index in [2.05, 4.69) is 14.7 Å². The monoisotopic (exact) mass is 414 g/mol. The van der Waals surface area contributed by atoms with Gasteiger partial charge in [0.05, 0.1) is 12.8 Å². The fourth-order valence-corrected chi connectivity index (χ4v) is 4.93. The van der Waals surface area contributed by atoms with Crippen molar-refractivity contribution in [2.45, 2.75) is 31.7 Å². The molecule has 1 unspecified atom stereocenters. The molecule has 0 aliphatic carbocycles. The van der Waals surface area contributed by atoms with Crippen LogP contribution in [0.5, 0.6) is 5.75 Å². The van der Waals surface area contributed by atoms with Crippen LogP contribution in [0.4, 0.5) is 0 Å². The number of sulfonamides is 1. The van der Waals surface area contributed by atoms with Crippen LogP contribution in [0.3, 0.4) is 0 Å². The smallest absolute Gasteiger partial charge is 0.245 e. The normalized spacial score (nSPS) is 13.1. The summed E-state index contributed by atoms with van der Waals surface area (Å²) in [6, 6.07) is 7.54. The lowest BCUT2D eigenvalue weighted by atomic mass is 10.0. The van der Waals surface area contributed by atoms with Crippen LogP contribution in [-0.2, 0) is 17.1 Å². The highest BCUT2D eigenvalue weighted by molar-refractivity contribution is 7.89. The predicted molar refractivity (Wildman–Crippen MR) is 107 cm³/mol. The summed E-state index contributed by atoms with van der Waals surface area (Å²) in [5, 5.41) is 4.19. The third-order valence-electron chi connectivity index (χ3n) is 4.57. The molecular formula is C18H27ClN4O3S. The van der Waals surface area contributed by atoms with Gasteiger partial charge in [-0.3, -0.25) is 9.58 Å². The molecule has 0 aliphatic heterocycles. The lowest BCUT2D eigenvalue weighted by molar-refractivity contribution is 0.219. The van der Waals surface area contributed by atoms with Crippen molar-refractivity contribution in [2.75, 3.05) is 26.7 Å². The molecule has 0 radical (unpaired) electrons. The largest absolute Gasteiger partial charge is 0.497 e. The Bertz CT molecular complexity index is 879. The van der Waals surface area contributed by atoms with Crippen molar-refractivity contribution in [3.63, 3.8) is 0 Å². The number of halogens is 1. The van der Waals surface area contributed by atoms with Gasteiger partial charge < -0.3 is 4.74 Å². The van der Waals surface area contributed by atoms with Gasteiger partial charge in [0.25, 0.3) is 0 Å². The first-order chi connectivity index (χ1) is 12.7. The Kier molecular flexibility index (Phi) is 7.27.